The highest BCUT2D eigenvalue weighted by atomic mass is 16.5. The molecule has 1 heterocycles. The smallest absolute Gasteiger partial charge is 0.249 e. The molecule has 1 saturated heterocycles. The first-order valence-electron chi connectivity index (χ1n) is 6.01. The molecule has 0 bridgehead atoms. The van der Waals surface area contributed by atoms with Crippen LogP contribution in [-0.2, 0) is 9.53 Å². The molecule has 1 N–H and O–H groups in total. The number of nitrogens with one attached hydrogen (secondary N) is 1. The second-order valence-corrected chi connectivity index (χ2v) is 4.88. The lowest BCUT2D eigenvalue weighted by atomic mass is 10.0. The van der Waals surface area contributed by atoms with Crippen LogP contribution in [0, 0.1) is 5.92 Å². The molecule has 2 unspecified atom stereocenters. The molecule has 1 rings (SSSR count). The van der Waals surface area contributed by atoms with Crippen LogP contribution in [0.1, 0.15) is 46.5 Å². The van der Waals surface area contributed by atoms with Gasteiger partial charge in [-0.1, -0.05) is 13.8 Å². The molecule has 2 atom stereocenters. The third-order valence-electron chi connectivity index (χ3n) is 2.79. The predicted molar refractivity (Wildman–Crippen MR) is 60.7 cm³/mol. The summed E-state index contributed by atoms with van der Waals surface area (Å²) >= 11 is 0. The van der Waals surface area contributed by atoms with Gasteiger partial charge in [-0.25, -0.2) is 0 Å². The number of rotatable bonds is 5. The lowest BCUT2D eigenvalue weighted by molar-refractivity contribution is -0.130. The normalized spacial score (nSPS) is 23.1. The van der Waals surface area contributed by atoms with Gasteiger partial charge in [-0.05, 0) is 38.5 Å². The zero-order valence-electron chi connectivity index (χ0n) is 10.1. The molecule has 1 aliphatic rings. The van der Waals surface area contributed by atoms with Crippen molar-refractivity contribution >= 4 is 5.91 Å². The van der Waals surface area contributed by atoms with Gasteiger partial charge < -0.3 is 10.1 Å². The molecule has 1 fully saturated rings. The maximum Gasteiger partial charge on any atom is 0.249 e. The Bertz CT molecular complexity index is 198. The Morgan fingerprint density at radius 2 is 2.13 bits per heavy atom. The fraction of sp³-hybridized carbons (Fsp3) is 0.917. The molecule has 3 heteroatoms. The highest BCUT2D eigenvalue weighted by Gasteiger charge is 2.24. The van der Waals surface area contributed by atoms with Crippen molar-refractivity contribution in [3.05, 3.63) is 0 Å². The van der Waals surface area contributed by atoms with Gasteiger partial charge in [0.05, 0.1) is 0 Å². The van der Waals surface area contributed by atoms with E-state index in [-0.39, 0.29) is 18.1 Å². The minimum atomic E-state index is -0.188. The Morgan fingerprint density at radius 3 is 2.67 bits per heavy atom. The molecule has 0 aromatic rings. The van der Waals surface area contributed by atoms with Crippen LogP contribution >= 0.6 is 0 Å². The fourth-order valence-corrected chi connectivity index (χ4v) is 1.78. The van der Waals surface area contributed by atoms with Gasteiger partial charge in [0.1, 0.15) is 6.10 Å². The van der Waals surface area contributed by atoms with Crippen LogP contribution in [-0.4, -0.2) is 24.7 Å². The third kappa shape index (κ3) is 4.65. The molecule has 0 aliphatic carbocycles. The first kappa shape index (κ1) is 12.5. The van der Waals surface area contributed by atoms with Crippen LogP contribution in [0.15, 0.2) is 0 Å². The maximum absolute atomic E-state index is 11.7. The summed E-state index contributed by atoms with van der Waals surface area (Å²) in [7, 11) is 0. The van der Waals surface area contributed by atoms with Crippen molar-refractivity contribution in [3.8, 4) is 0 Å². The van der Waals surface area contributed by atoms with Gasteiger partial charge in [0, 0.05) is 12.6 Å². The quantitative estimate of drug-likeness (QED) is 0.759. The molecule has 3 nitrogen and oxygen atoms in total. The SMILES string of the molecule is CC(C)CCC(C)NC(=O)C1CCCO1. The van der Waals surface area contributed by atoms with Gasteiger partial charge >= 0.3 is 0 Å². The Labute approximate surface area is 92.6 Å². The van der Waals surface area contributed by atoms with Crippen LogP contribution < -0.4 is 5.32 Å². The van der Waals surface area contributed by atoms with Crippen LogP contribution in [0.3, 0.4) is 0 Å². The molecule has 1 amide bonds. The Kier molecular flexibility index (Phi) is 5.09. The molecule has 0 spiro atoms. The van der Waals surface area contributed by atoms with E-state index < -0.39 is 0 Å². The first-order chi connectivity index (χ1) is 7.09. The molecular formula is C12H23NO2. The summed E-state index contributed by atoms with van der Waals surface area (Å²) in [6.07, 6.45) is 3.91. The second kappa shape index (κ2) is 6.11. The number of hydrogen-bond acceptors (Lipinski definition) is 2. The van der Waals surface area contributed by atoms with Crippen molar-refractivity contribution in [1.29, 1.82) is 0 Å². The lowest BCUT2D eigenvalue weighted by Crippen LogP contribution is -2.39. The summed E-state index contributed by atoms with van der Waals surface area (Å²) in [5.41, 5.74) is 0. The van der Waals surface area contributed by atoms with Crippen LogP contribution in [0.5, 0.6) is 0 Å². The van der Waals surface area contributed by atoms with Crippen molar-refractivity contribution in [2.24, 2.45) is 5.92 Å². The Morgan fingerprint density at radius 1 is 1.40 bits per heavy atom. The highest BCUT2D eigenvalue weighted by molar-refractivity contribution is 5.81. The molecular weight excluding hydrogens is 190 g/mol. The van der Waals surface area contributed by atoms with Crippen molar-refractivity contribution in [2.45, 2.75) is 58.6 Å². The lowest BCUT2D eigenvalue weighted by Gasteiger charge is -2.17. The summed E-state index contributed by atoms with van der Waals surface area (Å²) in [6.45, 7) is 7.21. The number of carbonyl (C=O) groups is 1. The number of ether oxygens (including phenoxy) is 1. The monoisotopic (exact) mass is 213 g/mol. The standard InChI is InChI=1S/C12H23NO2/c1-9(2)6-7-10(3)13-12(14)11-5-4-8-15-11/h9-11H,4-8H2,1-3H3,(H,13,14). The average molecular weight is 213 g/mol. The van der Waals surface area contributed by atoms with Gasteiger partial charge in [0.15, 0.2) is 0 Å². The molecule has 0 aromatic heterocycles. The Hall–Kier alpha value is -0.570. The van der Waals surface area contributed by atoms with Crippen LogP contribution in [0.4, 0.5) is 0 Å². The molecule has 0 aromatic carbocycles. The number of amides is 1. The summed E-state index contributed by atoms with van der Waals surface area (Å²) in [5, 5.41) is 3.01. The van der Waals surface area contributed by atoms with Gasteiger partial charge in [-0.15, -0.1) is 0 Å². The second-order valence-electron chi connectivity index (χ2n) is 4.88. The molecule has 15 heavy (non-hydrogen) atoms. The molecule has 88 valence electrons. The first-order valence-corrected chi connectivity index (χ1v) is 6.01. The maximum atomic E-state index is 11.7. The van der Waals surface area contributed by atoms with E-state index in [9.17, 15) is 4.79 Å². The predicted octanol–water partition coefficient (Wildman–Crippen LogP) is 2.11. The summed E-state index contributed by atoms with van der Waals surface area (Å²) < 4.78 is 5.33. The van der Waals surface area contributed by atoms with E-state index in [4.69, 9.17) is 4.74 Å². The van der Waals surface area contributed by atoms with Crippen molar-refractivity contribution in [2.75, 3.05) is 6.61 Å². The van der Waals surface area contributed by atoms with E-state index in [1.54, 1.807) is 0 Å². The zero-order chi connectivity index (χ0) is 11.3. The minimum absolute atomic E-state index is 0.0729. The zero-order valence-corrected chi connectivity index (χ0v) is 10.1. The topological polar surface area (TPSA) is 38.3 Å². The molecule has 1 aliphatic heterocycles. The van der Waals surface area contributed by atoms with E-state index in [0.29, 0.717) is 5.92 Å². The highest BCUT2D eigenvalue weighted by Crippen LogP contribution is 2.13. The Balaban J connectivity index is 2.18. The van der Waals surface area contributed by atoms with Crippen LogP contribution in [0.2, 0.25) is 0 Å². The molecule has 0 saturated carbocycles. The summed E-state index contributed by atoms with van der Waals surface area (Å²) in [4.78, 5) is 11.7. The minimum Gasteiger partial charge on any atom is -0.368 e. The van der Waals surface area contributed by atoms with E-state index in [1.807, 2.05) is 0 Å². The van der Waals surface area contributed by atoms with E-state index in [2.05, 4.69) is 26.1 Å². The van der Waals surface area contributed by atoms with Crippen molar-refractivity contribution < 1.29 is 9.53 Å². The molecule has 0 radical (unpaired) electrons. The largest absolute Gasteiger partial charge is 0.368 e. The fourth-order valence-electron chi connectivity index (χ4n) is 1.78. The van der Waals surface area contributed by atoms with Crippen molar-refractivity contribution in [1.82, 2.24) is 5.32 Å². The summed E-state index contributed by atoms with van der Waals surface area (Å²) in [6, 6.07) is 0.268. The van der Waals surface area contributed by atoms with E-state index >= 15 is 0 Å². The van der Waals surface area contributed by atoms with E-state index in [0.717, 1.165) is 32.3 Å². The van der Waals surface area contributed by atoms with E-state index in [1.165, 1.54) is 0 Å². The third-order valence-corrected chi connectivity index (χ3v) is 2.79. The number of hydrogen-bond donors (Lipinski definition) is 1. The van der Waals surface area contributed by atoms with Gasteiger partial charge in [-0.3, -0.25) is 4.79 Å². The summed E-state index contributed by atoms with van der Waals surface area (Å²) in [5.74, 6) is 0.774. The number of carbonyl (C=O) groups excluding carboxylic acids is 1. The van der Waals surface area contributed by atoms with Crippen LogP contribution in [0.25, 0.3) is 0 Å². The van der Waals surface area contributed by atoms with Gasteiger partial charge in [0.2, 0.25) is 5.91 Å². The van der Waals surface area contributed by atoms with Gasteiger partial charge in [-0.2, -0.15) is 0 Å². The average Bonchev–Trinajstić information content (AvgIpc) is 2.67. The van der Waals surface area contributed by atoms with Crippen molar-refractivity contribution in [3.63, 3.8) is 0 Å². The van der Waals surface area contributed by atoms with Gasteiger partial charge in [0.25, 0.3) is 0 Å².